The first kappa shape index (κ1) is 13.7. The molecule has 94 valence electrons. The Morgan fingerprint density at radius 2 is 2.00 bits per heavy atom. The molecule has 1 rings (SSSR count). The van der Waals surface area contributed by atoms with Crippen molar-refractivity contribution in [1.82, 2.24) is 4.90 Å². The third-order valence-corrected chi connectivity index (χ3v) is 3.18. The minimum atomic E-state index is 0.431. The normalized spacial score (nSPS) is 18.7. The molecule has 0 aromatic carbocycles. The smallest absolute Gasteiger partial charge is 0.133 e. The highest BCUT2D eigenvalue weighted by Gasteiger charge is 2.21. The van der Waals surface area contributed by atoms with E-state index in [1.165, 1.54) is 0 Å². The van der Waals surface area contributed by atoms with Crippen molar-refractivity contribution < 1.29 is 9.53 Å². The first-order valence-electron chi connectivity index (χ1n) is 6.39. The molecule has 0 amide bonds. The number of carbonyl (C=O) groups excluding carboxylic acids is 1. The molecular weight excluding hydrogens is 202 g/mol. The van der Waals surface area contributed by atoms with Crippen molar-refractivity contribution >= 4 is 5.78 Å². The fourth-order valence-electron chi connectivity index (χ4n) is 2.08. The van der Waals surface area contributed by atoms with Gasteiger partial charge in [-0.1, -0.05) is 13.8 Å². The van der Waals surface area contributed by atoms with Crippen LogP contribution in [-0.4, -0.2) is 43.5 Å². The van der Waals surface area contributed by atoms with E-state index in [1.54, 1.807) is 0 Å². The zero-order valence-electron chi connectivity index (χ0n) is 10.9. The minimum absolute atomic E-state index is 0.431. The van der Waals surface area contributed by atoms with Gasteiger partial charge in [0.1, 0.15) is 5.78 Å². The second kappa shape index (κ2) is 7.02. The molecule has 0 radical (unpaired) electrons. The number of hydrogen-bond donors (Lipinski definition) is 0. The van der Waals surface area contributed by atoms with Gasteiger partial charge in [-0.2, -0.15) is 0 Å². The average Bonchev–Trinajstić information content (AvgIpc) is 2.25. The predicted molar refractivity (Wildman–Crippen MR) is 65.6 cm³/mol. The number of nitrogens with zero attached hydrogens (tertiary/aromatic N) is 1. The number of hydrogen-bond acceptors (Lipinski definition) is 3. The molecule has 0 bridgehead atoms. The van der Waals surface area contributed by atoms with Gasteiger partial charge in [0.25, 0.3) is 0 Å². The molecule has 3 nitrogen and oxygen atoms in total. The molecule has 0 saturated heterocycles. The molecule has 0 heterocycles. The van der Waals surface area contributed by atoms with Gasteiger partial charge in [0, 0.05) is 32.0 Å². The van der Waals surface area contributed by atoms with Crippen LogP contribution in [0.5, 0.6) is 0 Å². The van der Waals surface area contributed by atoms with Crippen LogP contribution in [0, 0.1) is 5.92 Å². The maximum absolute atomic E-state index is 11.1. The maximum atomic E-state index is 11.1. The van der Waals surface area contributed by atoms with Crippen LogP contribution in [-0.2, 0) is 9.53 Å². The van der Waals surface area contributed by atoms with Crippen molar-refractivity contribution in [2.75, 3.05) is 26.8 Å². The van der Waals surface area contributed by atoms with E-state index < -0.39 is 0 Å². The van der Waals surface area contributed by atoms with Crippen molar-refractivity contribution in [3.05, 3.63) is 0 Å². The molecule has 16 heavy (non-hydrogen) atoms. The van der Waals surface area contributed by atoms with Gasteiger partial charge in [-0.25, -0.2) is 0 Å². The molecule has 1 saturated carbocycles. The summed E-state index contributed by atoms with van der Waals surface area (Å²) in [4.78, 5) is 13.5. The Hall–Kier alpha value is -0.410. The fraction of sp³-hybridized carbons (Fsp3) is 0.923. The number of rotatable bonds is 6. The summed E-state index contributed by atoms with van der Waals surface area (Å²) in [6, 6.07) is 0.584. The van der Waals surface area contributed by atoms with Gasteiger partial charge < -0.3 is 9.64 Å². The lowest BCUT2D eigenvalue weighted by Crippen LogP contribution is -2.37. The summed E-state index contributed by atoms with van der Waals surface area (Å²) in [7, 11) is 2.14. The third kappa shape index (κ3) is 5.08. The van der Waals surface area contributed by atoms with Crippen molar-refractivity contribution in [2.45, 2.75) is 45.6 Å². The zero-order valence-corrected chi connectivity index (χ0v) is 10.9. The average molecular weight is 227 g/mol. The molecule has 0 unspecified atom stereocenters. The van der Waals surface area contributed by atoms with E-state index >= 15 is 0 Å². The van der Waals surface area contributed by atoms with Gasteiger partial charge in [0.15, 0.2) is 0 Å². The van der Waals surface area contributed by atoms with Crippen LogP contribution in [0.25, 0.3) is 0 Å². The van der Waals surface area contributed by atoms with E-state index in [0.29, 0.717) is 17.7 Å². The lowest BCUT2D eigenvalue weighted by atomic mass is 9.93. The second-order valence-electron chi connectivity index (χ2n) is 5.22. The quantitative estimate of drug-likeness (QED) is 0.651. The molecule has 0 spiro atoms. The second-order valence-corrected chi connectivity index (χ2v) is 5.22. The van der Waals surface area contributed by atoms with Gasteiger partial charge in [-0.05, 0) is 25.8 Å². The summed E-state index contributed by atoms with van der Waals surface area (Å²) in [6.45, 7) is 6.95. The van der Waals surface area contributed by atoms with Crippen LogP contribution in [0.2, 0.25) is 0 Å². The number of Topliss-reactive ketones (excluding diaryl/α,β-unsaturated/α-hetero) is 1. The Labute approximate surface area is 99.1 Å². The summed E-state index contributed by atoms with van der Waals surface area (Å²) in [6.07, 6.45) is 3.59. The van der Waals surface area contributed by atoms with Gasteiger partial charge >= 0.3 is 0 Å². The molecule has 0 N–H and O–H groups in total. The van der Waals surface area contributed by atoms with E-state index in [1.807, 2.05) is 0 Å². The highest BCUT2D eigenvalue weighted by Crippen LogP contribution is 2.18. The van der Waals surface area contributed by atoms with Crippen LogP contribution < -0.4 is 0 Å². The molecule has 1 fully saturated rings. The predicted octanol–water partition coefficient (Wildman–Crippen LogP) is 2.10. The van der Waals surface area contributed by atoms with E-state index in [-0.39, 0.29) is 0 Å². The SMILES string of the molecule is CC(C)COCCN(C)C1CCC(=O)CC1. The molecule has 0 aromatic rings. The van der Waals surface area contributed by atoms with Gasteiger partial charge in [-0.3, -0.25) is 4.79 Å². The van der Waals surface area contributed by atoms with Gasteiger partial charge in [-0.15, -0.1) is 0 Å². The fourth-order valence-corrected chi connectivity index (χ4v) is 2.08. The summed E-state index contributed by atoms with van der Waals surface area (Å²) < 4.78 is 5.57. The Balaban J connectivity index is 2.10. The summed E-state index contributed by atoms with van der Waals surface area (Å²) >= 11 is 0. The van der Waals surface area contributed by atoms with Crippen molar-refractivity contribution in [3.8, 4) is 0 Å². The Bertz CT molecular complexity index is 206. The molecule has 3 heteroatoms. The molecule has 1 aliphatic carbocycles. The van der Waals surface area contributed by atoms with E-state index in [0.717, 1.165) is 45.4 Å². The Morgan fingerprint density at radius 1 is 1.38 bits per heavy atom. The molecule has 0 atom stereocenters. The summed E-state index contributed by atoms with van der Waals surface area (Å²) in [5.41, 5.74) is 0. The number of ether oxygens (including phenoxy) is 1. The Kier molecular flexibility index (Phi) is 5.99. The van der Waals surface area contributed by atoms with Gasteiger partial charge in [0.2, 0.25) is 0 Å². The molecule has 0 aliphatic heterocycles. The lowest BCUT2D eigenvalue weighted by molar-refractivity contribution is -0.121. The van der Waals surface area contributed by atoms with Crippen LogP contribution in [0.1, 0.15) is 39.5 Å². The maximum Gasteiger partial charge on any atom is 0.133 e. The van der Waals surface area contributed by atoms with Crippen molar-refractivity contribution in [2.24, 2.45) is 5.92 Å². The van der Waals surface area contributed by atoms with Crippen LogP contribution in [0.4, 0.5) is 0 Å². The van der Waals surface area contributed by atoms with Crippen molar-refractivity contribution in [1.29, 1.82) is 0 Å². The number of ketones is 1. The van der Waals surface area contributed by atoms with E-state index in [9.17, 15) is 4.79 Å². The number of likely N-dealkylation sites (N-methyl/N-ethyl adjacent to an activating group) is 1. The summed E-state index contributed by atoms with van der Waals surface area (Å²) in [5.74, 6) is 1.04. The van der Waals surface area contributed by atoms with E-state index in [2.05, 4.69) is 25.8 Å². The highest BCUT2D eigenvalue weighted by atomic mass is 16.5. The topological polar surface area (TPSA) is 29.5 Å². The highest BCUT2D eigenvalue weighted by molar-refractivity contribution is 5.79. The first-order valence-corrected chi connectivity index (χ1v) is 6.39. The molecular formula is C13H25NO2. The summed E-state index contributed by atoms with van der Waals surface area (Å²) in [5, 5.41) is 0. The minimum Gasteiger partial charge on any atom is -0.380 e. The van der Waals surface area contributed by atoms with Crippen LogP contribution >= 0.6 is 0 Å². The number of carbonyl (C=O) groups is 1. The largest absolute Gasteiger partial charge is 0.380 e. The van der Waals surface area contributed by atoms with Crippen LogP contribution in [0.3, 0.4) is 0 Å². The monoisotopic (exact) mass is 227 g/mol. The molecule has 0 aromatic heterocycles. The van der Waals surface area contributed by atoms with Crippen molar-refractivity contribution in [3.63, 3.8) is 0 Å². The van der Waals surface area contributed by atoms with Crippen LogP contribution in [0.15, 0.2) is 0 Å². The lowest BCUT2D eigenvalue weighted by Gasteiger charge is -2.30. The first-order chi connectivity index (χ1) is 7.59. The Morgan fingerprint density at radius 3 is 2.56 bits per heavy atom. The van der Waals surface area contributed by atoms with Gasteiger partial charge in [0.05, 0.1) is 6.61 Å². The molecule has 1 aliphatic rings. The van der Waals surface area contributed by atoms with E-state index in [4.69, 9.17) is 4.74 Å². The standard InChI is InChI=1S/C13H25NO2/c1-11(2)10-16-9-8-14(3)12-4-6-13(15)7-5-12/h11-12H,4-10H2,1-3H3. The third-order valence-electron chi connectivity index (χ3n) is 3.18. The zero-order chi connectivity index (χ0) is 12.0.